The molecule has 0 atom stereocenters. The molecular weight excluding hydrogens is 358 g/mol. The Hall–Kier alpha value is -2.53. The zero-order valence-electron chi connectivity index (χ0n) is 12.2. The average Bonchev–Trinajstić information content (AvgIpc) is 3.10. The van der Waals surface area contributed by atoms with Crippen LogP contribution in [0.4, 0.5) is 0 Å². The highest BCUT2D eigenvalue weighted by Crippen LogP contribution is 2.39. The number of hydrogen-bond acceptors (Lipinski definition) is 3. The van der Waals surface area contributed by atoms with E-state index in [1.165, 1.54) is 0 Å². The largest absolute Gasteiger partial charge is 0.493 e. The van der Waals surface area contributed by atoms with Crippen molar-refractivity contribution in [2.24, 2.45) is 0 Å². The molecule has 5 heteroatoms. The van der Waals surface area contributed by atoms with Crippen molar-refractivity contribution in [2.75, 3.05) is 7.11 Å². The molecule has 0 saturated carbocycles. The number of para-hydroxylation sites is 1. The predicted molar refractivity (Wildman–Crippen MR) is 91.9 cm³/mol. The fourth-order valence-electron chi connectivity index (χ4n) is 2.72. The van der Waals surface area contributed by atoms with Crippen molar-refractivity contribution in [2.45, 2.75) is 0 Å². The summed E-state index contributed by atoms with van der Waals surface area (Å²) in [4.78, 5) is 15.7. The summed E-state index contributed by atoms with van der Waals surface area (Å²) in [7, 11) is 1.56. The van der Waals surface area contributed by atoms with Crippen molar-refractivity contribution in [3.63, 3.8) is 0 Å². The van der Waals surface area contributed by atoms with Gasteiger partial charge in [0.25, 0.3) is 0 Å². The topological polar surface area (TPSA) is 51.3 Å². The minimum atomic E-state index is -0.136. The lowest BCUT2D eigenvalue weighted by molar-refractivity contribution is 0.101. The molecule has 4 rings (SSSR count). The van der Waals surface area contributed by atoms with Gasteiger partial charge in [-0.25, -0.2) is 0 Å². The number of nitrogens with one attached hydrogen (secondary N) is 1. The third-order valence-corrected chi connectivity index (χ3v) is 4.33. The summed E-state index contributed by atoms with van der Waals surface area (Å²) < 4.78 is 12.0. The number of rotatable bonds is 2. The number of ether oxygens (including phenoxy) is 2. The molecule has 2 aromatic carbocycles. The number of methoxy groups -OCH3 is 1. The van der Waals surface area contributed by atoms with Crippen molar-refractivity contribution in [3.05, 3.63) is 64.0 Å². The molecule has 1 aliphatic rings. The minimum Gasteiger partial charge on any atom is -0.493 e. The molecule has 23 heavy (non-hydrogen) atoms. The first-order valence-electron chi connectivity index (χ1n) is 7.05. The van der Waals surface area contributed by atoms with E-state index in [4.69, 9.17) is 9.47 Å². The number of ketones is 1. The SMILES string of the molecule is COc1cccc2c1O/C(=C\c1c[nH]c3ccc(Br)cc13)C2=O. The van der Waals surface area contributed by atoms with E-state index in [0.717, 1.165) is 20.9 Å². The molecule has 0 aliphatic carbocycles. The molecule has 1 N–H and O–H groups in total. The van der Waals surface area contributed by atoms with Gasteiger partial charge in [-0.1, -0.05) is 22.0 Å². The van der Waals surface area contributed by atoms with Gasteiger partial charge in [0.15, 0.2) is 17.3 Å². The molecule has 3 aromatic rings. The summed E-state index contributed by atoms with van der Waals surface area (Å²) in [5, 5.41) is 1.02. The van der Waals surface area contributed by atoms with E-state index in [0.29, 0.717) is 22.8 Å². The first-order valence-corrected chi connectivity index (χ1v) is 7.84. The predicted octanol–water partition coefficient (Wildman–Crippen LogP) is 4.56. The van der Waals surface area contributed by atoms with Gasteiger partial charge in [0, 0.05) is 27.1 Å². The number of aromatic nitrogens is 1. The number of Topliss-reactive ketones (excluding diaryl/α,β-unsaturated/α-hetero) is 1. The summed E-state index contributed by atoms with van der Waals surface area (Å²) in [5.74, 6) is 1.20. The molecule has 0 unspecified atom stereocenters. The van der Waals surface area contributed by atoms with Crippen molar-refractivity contribution in [1.29, 1.82) is 0 Å². The van der Waals surface area contributed by atoms with E-state index in [-0.39, 0.29) is 5.78 Å². The number of benzene rings is 2. The van der Waals surface area contributed by atoms with E-state index < -0.39 is 0 Å². The van der Waals surface area contributed by atoms with Gasteiger partial charge in [-0.2, -0.15) is 0 Å². The number of aromatic amines is 1. The van der Waals surface area contributed by atoms with E-state index >= 15 is 0 Å². The van der Waals surface area contributed by atoms with Crippen LogP contribution in [0.5, 0.6) is 11.5 Å². The van der Waals surface area contributed by atoms with Crippen LogP contribution >= 0.6 is 15.9 Å². The zero-order valence-corrected chi connectivity index (χ0v) is 13.8. The molecule has 0 bridgehead atoms. The first kappa shape index (κ1) is 14.1. The number of H-pyrrole nitrogens is 1. The third-order valence-electron chi connectivity index (χ3n) is 3.84. The number of hydrogen-bond donors (Lipinski definition) is 1. The Morgan fingerprint density at radius 1 is 1.26 bits per heavy atom. The van der Waals surface area contributed by atoms with Crippen LogP contribution in [0.25, 0.3) is 17.0 Å². The molecule has 4 nitrogen and oxygen atoms in total. The van der Waals surface area contributed by atoms with E-state index in [2.05, 4.69) is 20.9 Å². The number of fused-ring (bicyclic) bond motifs is 2. The van der Waals surface area contributed by atoms with Crippen molar-refractivity contribution in [3.8, 4) is 11.5 Å². The Bertz CT molecular complexity index is 972. The maximum absolute atomic E-state index is 12.5. The van der Waals surface area contributed by atoms with Crippen LogP contribution < -0.4 is 9.47 Å². The lowest BCUT2D eigenvalue weighted by Crippen LogP contribution is -1.97. The van der Waals surface area contributed by atoms with Crippen LogP contribution in [0.15, 0.2) is 52.8 Å². The smallest absolute Gasteiger partial charge is 0.232 e. The Morgan fingerprint density at radius 2 is 2.13 bits per heavy atom. The van der Waals surface area contributed by atoms with E-state index in [1.54, 1.807) is 31.4 Å². The third kappa shape index (κ3) is 2.24. The van der Waals surface area contributed by atoms with Crippen LogP contribution in [0, 0.1) is 0 Å². The summed E-state index contributed by atoms with van der Waals surface area (Å²) >= 11 is 3.47. The Labute approximate surface area is 140 Å². The minimum absolute atomic E-state index is 0.136. The summed E-state index contributed by atoms with van der Waals surface area (Å²) in [5.41, 5.74) is 2.42. The van der Waals surface area contributed by atoms with Gasteiger partial charge in [-0.05, 0) is 36.4 Å². The fourth-order valence-corrected chi connectivity index (χ4v) is 3.08. The molecule has 0 spiro atoms. The second-order valence-electron chi connectivity index (χ2n) is 5.21. The van der Waals surface area contributed by atoms with Gasteiger partial charge in [0.1, 0.15) is 0 Å². The van der Waals surface area contributed by atoms with Crippen LogP contribution in [-0.4, -0.2) is 17.9 Å². The monoisotopic (exact) mass is 369 g/mol. The lowest BCUT2D eigenvalue weighted by Gasteiger charge is -2.04. The molecular formula is C18H12BrNO3. The van der Waals surface area contributed by atoms with Gasteiger partial charge in [0.2, 0.25) is 5.78 Å². The summed E-state index contributed by atoms with van der Waals surface area (Å²) in [6.07, 6.45) is 3.62. The molecule has 1 aromatic heterocycles. The number of allylic oxidation sites excluding steroid dienone is 1. The number of carbonyl (C=O) groups excluding carboxylic acids is 1. The van der Waals surface area contributed by atoms with Crippen LogP contribution in [0.3, 0.4) is 0 Å². The van der Waals surface area contributed by atoms with E-state index in [1.807, 2.05) is 24.4 Å². The van der Waals surface area contributed by atoms with Crippen LogP contribution in [-0.2, 0) is 0 Å². The summed E-state index contributed by atoms with van der Waals surface area (Å²) in [6, 6.07) is 11.3. The van der Waals surface area contributed by atoms with Gasteiger partial charge >= 0.3 is 0 Å². The Balaban J connectivity index is 1.81. The Kier molecular flexibility index (Phi) is 3.23. The lowest BCUT2D eigenvalue weighted by atomic mass is 10.1. The van der Waals surface area contributed by atoms with Crippen LogP contribution in [0.1, 0.15) is 15.9 Å². The van der Waals surface area contributed by atoms with Crippen LogP contribution in [0.2, 0.25) is 0 Å². The second kappa shape index (κ2) is 5.28. The quantitative estimate of drug-likeness (QED) is 0.673. The molecule has 0 saturated heterocycles. The maximum Gasteiger partial charge on any atom is 0.232 e. The molecule has 0 radical (unpaired) electrons. The highest BCUT2D eigenvalue weighted by molar-refractivity contribution is 9.10. The molecule has 0 amide bonds. The van der Waals surface area contributed by atoms with Gasteiger partial charge < -0.3 is 14.5 Å². The van der Waals surface area contributed by atoms with Crippen molar-refractivity contribution in [1.82, 2.24) is 4.98 Å². The number of carbonyl (C=O) groups is 1. The molecule has 0 fully saturated rings. The normalized spacial score (nSPS) is 15.0. The number of halogens is 1. The fraction of sp³-hybridized carbons (Fsp3) is 0.0556. The first-order chi connectivity index (χ1) is 11.2. The van der Waals surface area contributed by atoms with E-state index in [9.17, 15) is 4.79 Å². The highest BCUT2D eigenvalue weighted by atomic mass is 79.9. The standard InChI is InChI=1S/C18H12BrNO3/c1-22-15-4-2-3-12-17(21)16(23-18(12)15)7-10-9-20-14-6-5-11(19)8-13(10)14/h2-9,20H,1H3/b16-7-. The molecule has 1 aliphatic heterocycles. The average molecular weight is 370 g/mol. The summed E-state index contributed by atoms with van der Waals surface area (Å²) in [6.45, 7) is 0. The van der Waals surface area contributed by atoms with Gasteiger partial charge in [-0.3, -0.25) is 4.79 Å². The second-order valence-corrected chi connectivity index (χ2v) is 6.13. The maximum atomic E-state index is 12.5. The van der Waals surface area contributed by atoms with Gasteiger partial charge in [0.05, 0.1) is 12.7 Å². The zero-order chi connectivity index (χ0) is 16.0. The molecule has 2 heterocycles. The molecule has 114 valence electrons. The van der Waals surface area contributed by atoms with Crippen molar-refractivity contribution < 1.29 is 14.3 Å². The highest BCUT2D eigenvalue weighted by Gasteiger charge is 2.30. The van der Waals surface area contributed by atoms with Crippen molar-refractivity contribution >= 4 is 38.7 Å². The Morgan fingerprint density at radius 3 is 2.96 bits per heavy atom. The van der Waals surface area contributed by atoms with Gasteiger partial charge in [-0.15, -0.1) is 0 Å².